The summed E-state index contributed by atoms with van der Waals surface area (Å²) in [7, 11) is 1.51. The van der Waals surface area contributed by atoms with Crippen molar-refractivity contribution in [3.63, 3.8) is 0 Å². The predicted molar refractivity (Wildman–Crippen MR) is 175 cm³/mol. The lowest BCUT2D eigenvalue weighted by Crippen LogP contribution is -2.58. The van der Waals surface area contributed by atoms with Crippen molar-refractivity contribution < 1.29 is 33.0 Å². The molecule has 1 saturated heterocycles. The number of piperidine rings is 1. The van der Waals surface area contributed by atoms with Crippen molar-refractivity contribution in [3.05, 3.63) is 112 Å². The lowest BCUT2D eigenvalue weighted by atomic mass is 9.99. The number of aromatic nitrogens is 1. The number of methoxy groups -OCH3 is 1. The highest BCUT2D eigenvalue weighted by Gasteiger charge is 2.35. The Morgan fingerprint density at radius 3 is 2.62 bits per heavy atom. The number of fused-ring (bicyclic) bond motifs is 7. The molecule has 0 unspecified atom stereocenters. The second kappa shape index (κ2) is 14.0. The summed E-state index contributed by atoms with van der Waals surface area (Å²) in [6.45, 7) is 2.61. The monoisotopic (exact) mass is 654 g/mol. The number of benzene rings is 3. The molecular formula is C36H35FN4O7. The third-order valence-corrected chi connectivity index (χ3v) is 8.51. The van der Waals surface area contributed by atoms with E-state index in [0.717, 1.165) is 0 Å². The molecule has 0 spiro atoms. The van der Waals surface area contributed by atoms with Gasteiger partial charge in [0.15, 0.2) is 6.61 Å². The molecule has 4 aromatic rings. The van der Waals surface area contributed by atoms with Gasteiger partial charge in [-0.15, -0.1) is 0 Å². The lowest BCUT2D eigenvalue weighted by Gasteiger charge is -2.39. The molecule has 6 bridgehead atoms. The van der Waals surface area contributed by atoms with E-state index in [0.29, 0.717) is 46.9 Å². The van der Waals surface area contributed by atoms with E-state index in [1.807, 2.05) is 6.92 Å². The summed E-state index contributed by atoms with van der Waals surface area (Å²) >= 11 is 0. The van der Waals surface area contributed by atoms with Gasteiger partial charge in [0.05, 0.1) is 18.7 Å². The van der Waals surface area contributed by atoms with E-state index in [4.69, 9.17) is 14.2 Å². The Balaban J connectivity index is 1.35. The van der Waals surface area contributed by atoms with Gasteiger partial charge in [0.25, 0.3) is 23.3 Å². The number of hydrogen-bond donors (Lipinski definition) is 2. The molecular weight excluding hydrogens is 619 g/mol. The van der Waals surface area contributed by atoms with Crippen LogP contribution < -0.4 is 30.4 Å². The van der Waals surface area contributed by atoms with Crippen molar-refractivity contribution in [2.75, 3.05) is 26.8 Å². The number of amides is 3. The fourth-order valence-electron chi connectivity index (χ4n) is 5.88. The first kappa shape index (κ1) is 32.3. The Kier molecular flexibility index (Phi) is 9.42. The number of rotatable bonds is 3. The van der Waals surface area contributed by atoms with Crippen LogP contribution in [0.5, 0.6) is 17.2 Å². The van der Waals surface area contributed by atoms with Gasteiger partial charge in [-0.25, -0.2) is 4.39 Å². The Morgan fingerprint density at radius 1 is 1.00 bits per heavy atom. The van der Waals surface area contributed by atoms with Gasteiger partial charge < -0.3 is 34.3 Å². The molecule has 7 rings (SSSR count). The molecule has 0 saturated carbocycles. The fraction of sp³-hybridized carbons (Fsp3) is 0.278. The van der Waals surface area contributed by atoms with Gasteiger partial charge in [0.1, 0.15) is 29.2 Å². The van der Waals surface area contributed by atoms with Crippen molar-refractivity contribution in [2.24, 2.45) is 0 Å². The van der Waals surface area contributed by atoms with Gasteiger partial charge in [0.2, 0.25) is 0 Å². The van der Waals surface area contributed by atoms with Crippen LogP contribution in [0, 0.1) is 5.82 Å². The highest BCUT2D eigenvalue weighted by Crippen LogP contribution is 2.29. The molecule has 2 N–H and O–H groups in total. The van der Waals surface area contributed by atoms with E-state index < -0.39 is 23.9 Å². The summed E-state index contributed by atoms with van der Waals surface area (Å²) in [5.74, 6) is -0.761. The van der Waals surface area contributed by atoms with Gasteiger partial charge in [0, 0.05) is 62.1 Å². The van der Waals surface area contributed by atoms with Crippen LogP contribution >= 0.6 is 0 Å². The maximum absolute atomic E-state index is 15.2. The minimum atomic E-state index is -0.749. The quantitative estimate of drug-likeness (QED) is 0.344. The van der Waals surface area contributed by atoms with E-state index in [1.165, 1.54) is 29.9 Å². The smallest absolute Gasteiger partial charge is 0.258 e. The molecule has 2 atom stereocenters. The highest BCUT2D eigenvalue weighted by molar-refractivity contribution is 5.96. The molecule has 3 aliphatic heterocycles. The topological polar surface area (TPSA) is 128 Å². The maximum Gasteiger partial charge on any atom is 0.258 e. The summed E-state index contributed by atoms with van der Waals surface area (Å²) in [5.41, 5.74) is 1.68. The summed E-state index contributed by atoms with van der Waals surface area (Å²) in [4.78, 5) is 53.9. The SMILES string of the molecule is CCn1ccc(C(=O)N2CC[C@@H]3Oc4ccc(c(OC)c4)CNC(=O)COc4cccc(c4)-c4ccc(F)c(c4)C(=O)N[C@@H]3C2)cc1=O. The standard InChI is InChI=1S/C36H35FN4O7/c1-3-40-13-11-24(17-34(40)43)36(45)41-14-12-31-30(20-41)39-35(44)28-16-23(8-10-29(28)37)22-5-4-6-26(15-22)47-21-33(42)38-19-25-7-9-27(48-31)18-32(25)46-2/h4-11,13,15-18,30-31H,3,12,14,19-21H2,1-2H3,(H,38,42)(H,39,44)/t30-,31+/m1/s1. The number of pyridine rings is 1. The van der Waals surface area contributed by atoms with Crippen LogP contribution in [0.4, 0.5) is 4.39 Å². The largest absolute Gasteiger partial charge is 0.496 e. The zero-order chi connectivity index (χ0) is 33.8. The lowest BCUT2D eigenvalue weighted by molar-refractivity contribution is -0.123. The van der Waals surface area contributed by atoms with E-state index in [-0.39, 0.29) is 54.7 Å². The van der Waals surface area contributed by atoms with Crippen LogP contribution in [-0.4, -0.2) is 66.1 Å². The van der Waals surface area contributed by atoms with Crippen LogP contribution in [-0.2, 0) is 17.9 Å². The molecule has 48 heavy (non-hydrogen) atoms. The van der Waals surface area contributed by atoms with Gasteiger partial charge in [-0.3, -0.25) is 19.2 Å². The molecule has 0 radical (unpaired) electrons. The number of aryl methyl sites for hydroxylation is 1. The van der Waals surface area contributed by atoms with Gasteiger partial charge >= 0.3 is 0 Å². The van der Waals surface area contributed by atoms with Crippen molar-refractivity contribution in [2.45, 2.75) is 38.6 Å². The second-order valence-electron chi connectivity index (χ2n) is 11.6. The van der Waals surface area contributed by atoms with E-state index in [2.05, 4.69) is 10.6 Å². The first-order chi connectivity index (χ1) is 23.2. The van der Waals surface area contributed by atoms with Gasteiger partial charge in [-0.05, 0) is 60.5 Å². The molecule has 4 heterocycles. The Bertz CT molecular complexity index is 1930. The highest BCUT2D eigenvalue weighted by atomic mass is 19.1. The van der Waals surface area contributed by atoms with Gasteiger partial charge in [-0.1, -0.05) is 18.2 Å². The zero-order valence-corrected chi connectivity index (χ0v) is 26.5. The molecule has 3 aromatic carbocycles. The summed E-state index contributed by atoms with van der Waals surface area (Å²) < 4.78 is 34.4. The predicted octanol–water partition coefficient (Wildman–Crippen LogP) is 3.78. The number of ether oxygens (including phenoxy) is 3. The fourth-order valence-corrected chi connectivity index (χ4v) is 5.88. The van der Waals surface area contributed by atoms with E-state index in [9.17, 15) is 19.2 Å². The second-order valence-corrected chi connectivity index (χ2v) is 11.6. The molecule has 0 aliphatic carbocycles. The number of carbonyl (C=O) groups excluding carboxylic acids is 3. The molecule has 12 heteroatoms. The van der Waals surface area contributed by atoms with Crippen LogP contribution in [0.3, 0.4) is 0 Å². The third kappa shape index (κ3) is 7.02. The normalized spacial score (nSPS) is 18.0. The Labute approximate surface area is 276 Å². The van der Waals surface area contributed by atoms with E-state index in [1.54, 1.807) is 65.7 Å². The first-order valence-corrected chi connectivity index (χ1v) is 15.7. The maximum atomic E-state index is 15.2. The minimum Gasteiger partial charge on any atom is -0.496 e. The Morgan fingerprint density at radius 2 is 1.83 bits per heavy atom. The molecule has 248 valence electrons. The average molecular weight is 655 g/mol. The summed E-state index contributed by atoms with van der Waals surface area (Å²) in [6.07, 6.45) is 1.30. The minimum absolute atomic E-state index is 0.0496. The van der Waals surface area contributed by atoms with Gasteiger partial charge in [-0.2, -0.15) is 0 Å². The molecule has 1 aromatic heterocycles. The van der Waals surface area contributed by atoms with Crippen LogP contribution in [0.1, 0.15) is 39.6 Å². The number of nitrogens with one attached hydrogen (secondary N) is 2. The first-order valence-electron chi connectivity index (χ1n) is 15.7. The number of likely N-dealkylation sites (tertiary alicyclic amines) is 1. The van der Waals surface area contributed by atoms with Crippen LogP contribution in [0.15, 0.2) is 83.8 Å². The third-order valence-electron chi connectivity index (χ3n) is 8.51. The van der Waals surface area contributed by atoms with Crippen molar-refractivity contribution >= 4 is 17.7 Å². The summed E-state index contributed by atoms with van der Waals surface area (Å²) in [6, 6.07) is 18.5. The molecule has 3 amide bonds. The molecule has 1 fully saturated rings. The number of nitrogens with zero attached hydrogens (tertiary/aromatic N) is 2. The summed E-state index contributed by atoms with van der Waals surface area (Å²) in [5, 5.41) is 5.75. The number of carbonyl (C=O) groups is 3. The zero-order valence-electron chi connectivity index (χ0n) is 26.5. The van der Waals surface area contributed by atoms with Crippen molar-refractivity contribution in [1.82, 2.24) is 20.1 Å². The van der Waals surface area contributed by atoms with Crippen molar-refractivity contribution in [1.29, 1.82) is 0 Å². The van der Waals surface area contributed by atoms with Crippen molar-refractivity contribution in [3.8, 4) is 28.4 Å². The number of halogens is 1. The molecule has 11 nitrogen and oxygen atoms in total. The van der Waals surface area contributed by atoms with Crippen LogP contribution in [0.2, 0.25) is 0 Å². The number of hydrogen-bond acceptors (Lipinski definition) is 7. The Hall–Kier alpha value is -5.65. The van der Waals surface area contributed by atoms with E-state index >= 15 is 4.39 Å². The molecule has 3 aliphatic rings. The average Bonchev–Trinajstić information content (AvgIpc) is 3.10. The van der Waals surface area contributed by atoms with Crippen LogP contribution in [0.25, 0.3) is 11.1 Å².